The molecule has 0 spiro atoms. The van der Waals surface area contributed by atoms with Gasteiger partial charge in [0, 0.05) is 6.42 Å². The van der Waals surface area contributed by atoms with Gasteiger partial charge in [0.15, 0.2) is 0 Å². The second-order valence-corrected chi connectivity index (χ2v) is 4.34. The van der Waals surface area contributed by atoms with Gasteiger partial charge in [-0.3, -0.25) is 0 Å². The van der Waals surface area contributed by atoms with E-state index in [0.29, 0.717) is 6.42 Å². The summed E-state index contributed by atoms with van der Waals surface area (Å²) >= 11 is 0. The van der Waals surface area contributed by atoms with Crippen LogP contribution in [0, 0.1) is 5.82 Å². The van der Waals surface area contributed by atoms with Crippen molar-refractivity contribution in [2.45, 2.75) is 18.8 Å². The van der Waals surface area contributed by atoms with Crippen molar-refractivity contribution in [2.24, 2.45) is 0 Å². The molecule has 0 unspecified atom stereocenters. The fraction of sp³-hybridized carbons (Fsp3) is 0.188. The van der Waals surface area contributed by atoms with Crippen molar-refractivity contribution in [3.05, 3.63) is 71.5 Å². The van der Waals surface area contributed by atoms with Crippen molar-refractivity contribution < 1.29 is 9.18 Å². The Morgan fingerprint density at radius 1 is 1.00 bits per heavy atom. The van der Waals surface area contributed by atoms with Gasteiger partial charge in [-0.25, -0.2) is 4.39 Å². The SMILES string of the molecule is O=CC[C@H](Cc1ccc(F)cc1)c1ccccc1. The summed E-state index contributed by atoms with van der Waals surface area (Å²) in [5.41, 5.74) is 2.20. The summed E-state index contributed by atoms with van der Waals surface area (Å²) in [5, 5.41) is 0. The van der Waals surface area contributed by atoms with Crippen LogP contribution in [0.2, 0.25) is 0 Å². The van der Waals surface area contributed by atoms with E-state index in [9.17, 15) is 9.18 Å². The molecule has 0 heterocycles. The quantitative estimate of drug-likeness (QED) is 0.730. The molecule has 0 fully saturated rings. The van der Waals surface area contributed by atoms with E-state index in [1.807, 2.05) is 30.3 Å². The maximum Gasteiger partial charge on any atom is 0.123 e. The molecular weight excluding hydrogens is 227 g/mol. The Bertz CT molecular complexity index is 490. The van der Waals surface area contributed by atoms with Gasteiger partial charge in [0.2, 0.25) is 0 Å². The molecule has 18 heavy (non-hydrogen) atoms. The molecule has 2 aromatic carbocycles. The highest BCUT2D eigenvalue weighted by Gasteiger charge is 2.11. The smallest absolute Gasteiger partial charge is 0.123 e. The summed E-state index contributed by atoms with van der Waals surface area (Å²) in [6.45, 7) is 0. The minimum Gasteiger partial charge on any atom is -0.303 e. The van der Waals surface area contributed by atoms with Gasteiger partial charge in [-0.2, -0.15) is 0 Å². The van der Waals surface area contributed by atoms with Gasteiger partial charge in [-0.15, -0.1) is 0 Å². The zero-order chi connectivity index (χ0) is 12.8. The van der Waals surface area contributed by atoms with E-state index in [2.05, 4.69) is 0 Å². The fourth-order valence-corrected chi connectivity index (χ4v) is 2.08. The lowest BCUT2D eigenvalue weighted by Gasteiger charge is -2.14. The van der Waals surface area contributed by atoms with Gasteiger partial charge >= 0.3 is 0 Å². The number of aldehydes is 1. The topological polar surface area (TPSA) is 17.1 Å². The molecule has 2 rings (SSSR count). The molecule has 1 atom stereocenters. The number of halogens is 1. The minimum absolute atomic E-state index is 0.161. The molecule has 0 amide bonds. The van der Waals surface area contributed by atoms with E-state index in [1.165, 1.54) is 12.1 Å². The van der Waals surface area contributed by atoms with Crippen molar-refractivity contribution in [1.29, 1.82) is 0 Å². The van der Waals surface area contributed by atoms with Gasteiger partial charge in [-0.1, -0.05) is 42.5 Å². The first-order valence-electron chi connectivity index (χ1n) is 6.02. The first kappa shape index (κ1) is 12.5. The molecule has 1 nitrogen and oxygen atoms in total. The van der Waals surface area contributed by atoms with Gasteiger partial charge in [0.25, 0.3) is 0 Å². The maximum atomic E-state index is 12.8. The summed E-state index contributed by atoms with van der Waals surface area (Å²) in [7, 11) is 0. The van der Waals surface area contributed by atoms with Gasteiger partial charge in [0.1, 0.15) is 12.1 Å². The third kappa shape index (κ3) is 3.27. The van der Waals surface area contributed by atoms with Crippen LogP contribution >= 0.6 is 0 Å². The van der Waals surface area contributed by atoms with Gasteiger partial charge in [0.05, 0.1) is 0 Å². The van der Waals surface area contributed by atoms with Crippen molar-refractivity contribution in [1.82, 2.24) is 0 Å². The van der Waals surface area contributed by atoms with Crippen LogP contribution in [0.5, 0.6) is 0 Å². The zero-order valence-corrected chi connectivity index (χ0v) is 10.1. The van der Waals surface area contributed by atoms with Crippen LogP contribution in [-0.2, 0) is 11.2 Å². The zero-order valence-electron chi connectivity index (χ0n) is 10.1. The molecule has 0 radical (unpaired) electrons. The Morgan fingerprint density at radius 3 is 2.28 bits per heavy atom. The lowest BCUT2D eigenvalue weighted by atomic mass is 9.90. The van der Waals surface area contributed by atoms with E-state index >= 15 is 0 Å². The third-order valence-electron chi connectivity index (χ3n) is 3.05. The second kappa shape index (κ2) is 6.10. The summed E-state index contributed by atoms with van der Waals surface area (Å²) in [6.07, 6.45) is 2.19. The molecule has 2 heteroatoms. The fourth-order valence-electron chi connectivity index (χ4n) is 2.08. The summed E-state index contributed by atoms with van der Waals surface area (Å²) < 4.78 is 12.8. The molecule has 0 aliphatic heterocycles. The number of hydrogen-bond acceptors (Lipinski definition) is 1. The monoisotopic (exact) mass is 242 g/mol. The number of carbonyl (C=O) groups is 1. The van der Waals surface area contributed by atoms with Crippen LogP contribution in [0.3, 0.4) is 0 Å². The first-order valence-corrected chi connectivity index (χ1v) is 6.02. The highest BCUT2D eigenvalue weighted by molar-refractivity contribution is 5.52. The lowest BCUT2D eigenvalue weighted by Crippen LogP contribution is -2.04. The van der Waals surface area contributed by atoms with Crippen LogP contribution < -0.4 is 0 Å². The van der Waals surface area contributed by atoms with Crippen molar-refractivity contribution in [3.63, 3.8) is 0 Å². The lowest BCUT2D eigenvalue weighted by molar-refractivity contribution is -0.108. The van der Waals surface area contributed by atoms with E-state index in [0.717, 1.165) is 23.8 Å². The Morgan fingerprint density at radius 2 is 1.67 bits per heavy atom. The van der Waals surface area contributed by atoms with Gasteiger partial charge < -0.3 is 4.79 Å². The largest absolute Gasteiger partial charge is 0.303 e. The second-order valence-electron chi connectivity index (χ2n) is 4.34. The van der Waals surface area contributed by atoms with Crippen molar-refractivity contribution in [3.8, 4) is 0 Å². The third-order valence-corrected chi connectivity index (χ3v) is 3.05. The normalized spacial score (nSPS) is 12.1. The average Bonchev–Trinajstić information content (AvgIpc) is 2.42. The van der Waals surface area contributed by atoms with Crippen molar-refractivity contribution in [2.75, 3.05) is 0 Å². The molecular formula is C16H15FO. The standard InChI is InChI=1S/C16H15FO/c17-16-8-6-13(7-9-16)12-15(10-11-18)14-4-2-1-3-5-14/h1-9,11,15H,10,12H2/t15-/m1/s1. The summed E-state index contributed by atoms with van der Waals surface area (Å²) in [4.78, 5) is 10.8. The molecule has 0 saturated carbocycles. The van der Waals surface area contributed by atoms with Crippen LogP contribution in [0.1, 0.15) is 23.5 Å². The number of benzene rings is 2. The highest BCUT2D eigenvalue weighted by atomic mass is 19.1. The summed E-state index contributed by atoms with van der Waals surface area (Å²) in [6, 6.07) is 16.4. The molecule has 0 bridgehead atoms. The Balaban J connectivity index is 2.16. The van der Waals surface area contributed by atoms with E-state index in [-0.39, 0.29) is 11.7 Å². The predicted molar refractivity (Wildman–Crippen MR) is 70.0 cm³/mol. The molecule has 2 aromatic rings. The molecule has 92 valence electrons. The Kier molecular flexibility index (Phi) is 4.24. The maximum absolute atomic E-state index is 12.8. The molecule has 0 aliphatic rings. The van der Waals surface area contributed by atoms with Crippen LogP contribution in [0.15, 0.2) is 54.6 Å². The van der Waals surface area contributed by atoms with Crippen LogP contribution in [-0.4, -0.2) is 6.29 Å². The number of rotatable bonds is 5. The first-order chi connectivity index (χ1) is 8.79. The van der Waals surface area contributed by atoms with E-state index in [4.69, 9.17) is 0 Å². The molecule has 0 aromatic heterocycles. The predicted octanol–water partition coefficient (Wildman–Crippen LogP) is 3.74. The Hall–Kier alpha value is -1.96. The van der Waals surface area contributed by atoms with E-state index < -0.39 is 0 Å². The molecule has 0 aliphatic carbocycles. The van der Waals surface area contributed by atoms with Crippen LogP contribution in [0.4, 0.5) is 4.39 Å². The van der Waals surface area contributed by atoms with Gasteiger partial charge in [-0.05, 0) is 35.6 Å². The average molecular weight is 242 g/mol. The highest BCUT2D eigenvalue weighted by Crippen LogP contribution is 2.23. The van der Waals surface area contributed by atoms with Crippen LogP contribution in [0.25, 0.3) is 0 Å². The minimum atomic E-state index is -0.231. The van der Waals surface area contributed by atoms with Crippen molar-refractivity contribution >= 4 is 6.29 Å². The molecule has 0 N–H and O–H groups in total. The van der Waals surface area contributed by atoms with E-state index in [1.54, 1.807) is 12.1 Å². The molecule has 0 saturated heterocycles. The number of carbonyl (C=O) groups excluding carboxylic acids is 1. The Labute approximate surface area is 106 Å². The summed E-state index contributed by atoms with van der Waals surface area (Å²) in [5.74, 6) is -0.0699. The number of hydrogen-bond donors (Lipinski definition) is 0.